The highest BCUT2D eigenvalue weighted by atomic mass is 19.4. The van der Waals surface area contributed by atoms with Crippen molar-refractivity contribution >= 4 is 5.91 Å². The Labute approximate surface area is 127 Å². The number of alkyl halides is 3. The van der Waals surface area contributed by atoms with Gasteiger partial charge in [-0.05, 0) is 18.4 Å². The molecule has 122 valence electrons. The summed E-state index contributed by atoms with van der Waals surface area (Å²) in [5.74, 6) is -0.347. The number of rotatable bonds is 4. The Morgan fingerprint density at radius 2 is 2.05 bits per heavy atom. The van der Waals surface area contributed by atoms with Crippen molar-refractivity contribution in [2.45, 2.75) is 31.1 Å². The predicted octanol–water partition coefficient (Wildman–Crippen LogP) is 1.83. The van der Waals surface area contributed by atoms with Gasteiger partial charge < -0.3 is 10.6 Å². The summed E-state index contributed by atoms with van der Waals surface area (Å²) in [5, 5.41) is 2.33. The van der Waals surface area contributed by atoms with Crippen LogP contribution in [0.1, 0.15) is 24.4 Å². The van der Waals surface area contributed by atoms with Crippen LogP contribution < -0.4 is 11.1 Å². The molecule has 1 aliphatic rings. The van der Waals surface area contributed by atoms with Crippen LogP contribution in [-0.4, -0.2) is 42.7 Å². The molecule has 0 saturated carbocycles. The molecular formula is C15H20F3N3O. The Morgan fingerprint density at radius 3 is 2.64 bits per heavy atom. The Balaban J connectivity index is 1.98. The molecule has 1 aliphatic heterocycles. The third-order valence-corrected chi connectivity index (χ3v) is 3.73. The normalized spacial score (nSPS) is 20.7. The van der Waals surface area contributed by atoms with Crippen molar-refractivity contribution < 1.29 is 18.0 Å². The van der Waals surface area contributed by atoms with Gasteiger partial charge in [-0.2, -0.15) is 13.2 Å². The maximum absolute atomic E-state index is 13.2. The highest BCUT2D eigenvalue weighted by Gasteiger charge is 2.40. The lowest BCUT2D eigenvalue weighted by Gasteiger charge is -2.31. The molecule has 4 nitrogen and oxygen atoms in total. The molecule has 0 aromatic heterocycles. The van der Waals surface area contributed by atoms with Gasteiger partial charge in [-0.3, -0.25) is 10.1 Å². The van der Waals surface area contributed by atoms with Gasteiger partial charge in [-0.15, -0.1) is 0 Å². The van der Waals surface area contributed by atoms with E-state index in [4.69, 9.17) is 5.73 Å². The highest BCUT2D eigenvalue weighted by molar-refractivity contribution is 5.78. The quantitative estimate of drug-likeness (QED) is 0.891. The fourth-order valence-electron chi connectivity index (χ4n) is 2.61. The standard InChI is InChI=1S/C15H20F3N3O/c16-15(17,18)14(11-5-2-1-3-6-11)20-9-13(22)21-8-4-7-12(19)10-21/h1-3,5-6,12,14,20H,4,7-10,19H2/t12-,14-/m0/s1. The number of carbonyl (C=O) groups excluding carboxylic acids is 1. The number of amides is 1. The lowest BCUT2D eigenvalue weighted by Crippen LogP contribution is -2.49. The van der Waals surface area contributed by atoms with Gasteiger partial charge in [-0.25, -0.2) is 0 Å². The Hall–Kier alpha value is -1.60. The fourth-order valence-corrected chi connectivity index (χ4v) is 2.61. The summed E-state index contributed by atoms with van der Waals surface area (Å²) in [4.78, 5) is 13.6. The van der Waals surface area contributed by atoms with Crippen molar-refractivity contribution in [3.05, 3.63) is 35.9 Å². The first-order valence-corrected chi connectivity index (χ1v) is 7.26. The summed E-state index contributed by atoms with van der Waals surface area (Å²) in [6.45, 7) is 0.602. The molecule has 0 radical (unpaired) electrons. The van der Waals surface area contributed by atoms with E-state index in [-0.39, 0.29) is 24.1 Å². The molecule has 1 aromatic rings. The Bertz CT molecular complexity index is 493. The lowest BCUT2D eigenvalue weighted by molar-refractivity contribution is -0.159. The largest absolute Gasteiger partial charge is 0.407 e. The summed E-state index contributed by atoms with van der Waals surface area (Å²) >= 11 is 0. The zero-order valence-corrected chi connectivity index (χ0v) is 12.1. The number of hydrogen-bond acceptors (Lipinski definition) is 3. The van der Waals surface area contributed by atoms with E-state index in [1.165, 1.54) is 17.0 Å². The second-order valence-electron chi connectivity index (χ2n) is 5.51. The van der Waals surface area contributed by atoms with Crippen LogP contribution in [0.4, 0.5) is 13.2 Å². The number of halogens is 3. The summed E-state index contributed by atoms with van der Waals surface area (Å²) in [6, 6.07) is 5.58. The van der Waals surface area contributed by atoms with Gasteiger partial charge in [0.1, 0.15) is 6.04 Å². The third-order valence-electron chi connectivity index (χ3n) is 3.73. The number of likely N-dealkylation sites (tertiary alicyclic amines) is 1. The molecule has 1 amide bonds. The van der Waals surface area contributed by atoms with Gasteiger partial charge >= 0.3 is 6.18 Å². The van der Waals surface area contributed by atoms with Crippen LogP contribution in [0.15, 0.2) is 30.3 Å². The number of nitrogens with zero attached hydrogens (tertiary/aromatic N) is 1. The molecule has 2 rings (SSSR count). The minimum absolute atomic E-state index is 0.0924. The molecule has 3 N–H and O–H groups in total. The van der Waals surface area contributed by atoms with E-state index >= 15 is 0 Å². The number of benzene rings is 1. The smallest absolute Gasteiger partial charge is 0.340 e. The van der Waals surface area contributed by atoms with Crippen LogP contribution in [0.5, 0.6) is 0 Å². The number of nitrogens with two attached hydrogens (primary N) is 1. The van der Waals surface area contributed by atoms with Crippen LogP contribution in [-0.2, 0) is 4.79 Å². The van der Waals surface area contributed by atoms with Crippen LogP contribution in [0.3, 0.4) is 0 Å². The molecule has 0 spiro atoms. The van der Waals surface area contributed by atoms with Crippen molar-refractivity contribution in [2.24, 2.45) is 5.73 Å². The molecule has 1 aromatic carbocycles. The number of piperidine rings is 1. The molecule has 0 unspecified atom stereocenters. The second-order valence-corrected chi connectivity index (χ2v) is 5.51. The molecule has 7 heteroatoms. The van der Waals surface area contributed by atoms with Crippen molar-refractivity contribution in [1.82, 2.24) is 10.2 Å². The first-order valence-electron chi connectivity index (χ1n) is 7.26. The van der Waals surface area contributed by atoms with E-state index in [1.807, 2.05) is 0 Å². The van der Waals surface area contributed by atoms with Crippen LogP contribution in [0.25, 0.3) is 0 Å². The monoisotopic (exact) mass is 315 g/mol. The van der Waals surface area contributed by atoms with Crippen LogP contribution in [0, 0.1) is 0 Å². The molecule has 1 saturated heterocycles. The first-order chi connectivity index (χ1) is 10.4. The average Bonchev–Trinajstić information content (AvgIpc) is 2.47. The van der Waals surface area contributed by atoms with E-state index in [9.17, 15) is 18.0 Å². The summed E-state index contributed by atoms with van der Waals surface area (Å²) in [6.07, 6.45) is -2.83. The van der Waals surface area contributed by atoms with Crippen LogP contribution in [0.2, 0.25) is 0 Å². The van der Waals surface area contributed by atoms with E-state index < -0.39 is 12.2 Å². The lowest BCUT2D eigenvalue weighted by atomic mass is 10.1. The number of carbonyl (C=O) groups is 1. The van der Waals surface area contributed by atoms with E-state index in [2.05, 4.69) is 5.32 Å². The van der Waals surface area contributed by atoms with E-state index in [0.29, 0.717) is 13.1 Å². The molecular weight excluding hydrogens is 295 g/mol. The minimum atomic E-state index is -4.46. The Kier molecular flexibility index (Phi) is 5.42. The molecule has 1 fully saturated rings. The summed E-state index contributed by atoms with van der Waals surface area (Å²) < 4.78 is 39.5. The maximum atomic E-state index is 13.2. The molecule has 0 bridgehead atoms. The predicted molar refractivity (Wildman–Crippen MR) is 77.0 cm³/mol. The highest BCUT2D eigenvalue weighted by Crippen LogP contribution is 2.32. The second kappa shape index (κ2) is 7.11. The van der Waals surface area contributed by atoms with E-state index in [0.717, 1.165) is 12.8 Å². The van der Waals surface area contributed by atoms with Gasteiger partial charge in [0.15, 0.2) is 0 Å². The van der Waals surface area contributed by atoms with Gasteiger partial charge in [0, 0.05) is 19.1 Å². The van der Waals surface area contributed by atoms with E-state index in [1.54, 1.807) is 18.2 Å². The van der Waals surface area contributed by atoms with Gasteiger partial charge in [0.2, 0.25) is 5.91 Å². The first kappa shape index (κ1) is 16.8. The fraction of sp³-hybridized carbons (Fsp3) is 0.533. The maximum Gasteiger partial charge on any atom is 0.407 e. The minimum Gasteiger partial charge on any atom is -0.340 e. The third kappa shape index (κ3) is 4.45. The average molecular weight is 315 g/mol. The van der Waals surface area contributed by atoms with Crippen LogP contribution >= 0.6 is 0 Å². The zero-order valence-electron chi connectivity index (χ0n) is 12.1. The number of hydrogen-bond donors (Lipinski definition) is 2. The molecule has 22 heavy (non-hydrogen) atoms. The van der Waals surface area contributed by atoms with Crippen molar-refractivity contribution in [1.29, 1.82) is 0 Å². The van der Waals surface area contributed by atoms with Gasteiger partial charge in [0.05, 0.1) is 6.54 Å². The summed E-state index contributed by atoms with van der Waals surface area (Å²) in [5.41, 5.74) is 5.88. The summed E-state index contributed by atoms with van der Waals surface area (Å²) in [7, 11) is 0. The Morgan fingerprint density at radius 1 is 1.36 bits per heavy atom. The van der Waals surface area contributed by atoms with Gasteiger partial charge in [0.25, 0.3) is 0 Å². The molecule has 1 heterocycles. The van der Waals surface area contributed by atoms with Crippen molar-refractivity contribution in [3.8, 4) is 0 Å². The number of nitrogens with one attached hydrogen (secondary N) is 1. The molecule has 0 aliphatic carbocycles. The SMILES string of the molecule is N[C@H]1CCCN(C(=O)CN[C@@H](c2ccccc2)C(F)(F)F)C1. The van der Waals surface area contributed by atoms with Gasteiger partial charge in [-0.1, -0.05) is 30.3 Å². The van der Waals surface area contributed by atoms with Crippen molar-refractivity contribution in [2.75, 3.05) is 19.6 Å². The molecule has 2 atom stereocenters. The topological polar surface area (TPSA) is 58.4 Å². The zero-order chi connectivity index (χ0) is 16.2. The van der Waals surface area contributed by atoms with Crippen molar-refractivity contribution in [3.63, 3.8) is 0 Å².